The second kappa shape index (κ2) is 3.85. The third-order valence-electron chi connectivity index (χ3n) is 1.77. The number of hydrogen-bond donors (Lipinski definition) is 0. The first-order valence-corrected chi connectivity index (χ1v) is 3.98. The molecule has 0 radical (unpaired) electrons. The van der Waals surface area contributed by atoms with Gasteiger partial charge < -0.3 is 5.21 Å². The number of aromatic nitrogens is 1. The van der Waals surface area contributed by atoms with Gasteiger partial charge in [0.2, 0.25) is 5.69 Å². The quantitative estimate of drug-likeness (QED) is 0.388. The van der Waals surface area contributed by atoms with E-state index < -0.39 is 0 Å². The lowest BCUT2D eigenvalue weighted by Crippen LogP contribution is -2.28. The summed E-state index contributed by atoms with van der Waals surface area (Å²) in [6.45, 7) is 3.17. The Kier molecular flexibility index (Phi) is 2.80. The highest BCUT2D eigenvalue weighted by Gasteiger charge is 2.02. The monoisotopic (exact) mass is 177 g/mol. The first kappa shape index (κ1) is 9.45. The van der Waals surface area contributed by atoms with E-state index in [1.54, 1.807) is 31.2 Å². The number of rotatable bonds is 2. The van der Waals surface area contributed by atoms with Crippen LogP contribution in [-0.4, -0.2) is 5.78 Å². The first-order valence-electron chi connectivity index (χ1n) is 3.98. The average Bonchev–Trinajstić information content (AvgIpc) is 2.08. The van der Waals surface area contributed by atoms with E-state index in [-0.39, 0.29) is 5.78 Å². The summed E-state index contributed by atoms with van der Waals surface area (Å²) in [7, 11) is 0. The smallest absolute Gasteiger partial charge is 0.216 e. The minimum absolute atomic E-state index is 0.0242. The van der Waals surface area contributed by atoms with Crippen LogP contribution in [0, 0.1) is 5.21 Å². The molecule has 0 aliphatic heterocycles. The molecule has 1 aromatic heterocycles. The van der Waals surface area contributed by atoms with Crippen LogP contribution in [0.2, 0.25) is 0 Å². The van der Waals surface area contributed by atoms with Crippen LogP contribution in [0.3, 0.4) is 0 Å². The first-order chi connectivity index (χ1) is 6.11. The largest absolute Gasteiger partial charge is 0.618 e. The van der Waals surface area contributed by atoms with Crippen LogP contribution in [0.15, 0.2) is 30.0 Å². The maximum absolute atomic E-state index is 11.1. The fourth-order valence-electron chi connectivity index (χ4n) is 0.877. The molecule has 0 amide bonds. The summed E-state index contributed by atoms with van der Waals surface area (Å²) >= 11 is 0. The third kappa shape index (κ3) is 2.40. The number of allylic oxidation sites excluding steroid dienone is 1. The highest BCUT2D eigenvalue weighted by Crippen LogP contribution is 2.01. The Hall–Kier alpha value is -1.64. The maximum Gasteiger partial charge on any atom is 0.216 e. The zero-order chi connectivity index (χ0) is 9.84. The van der Waals surface area contributed by atoms with Gasteiger partial charge in [-0.3, -0.25) is 4.79 Å². The molecule has 13 heavy (non-hydrogen) atoms. The number of ketones is 1. The molecule has 1 aromatic rings. The van der Waals surface area contributed by atoms with Crippen molar-refractivity contribution in [2.45, 2.75) is 13.8 Å². The van der Waals surface area contributed by atoms with Crippen LogP contribution >= 0.6 is 0 Å². The lowest BCUT2D eigenvalue weighted by molar-refractivity contribution is -0.607. The lowest BCUT2D eigenvalue weighted by Gasteiger charge is -1.99. The van der Waals surface area contributed by atoms with Gasteiger partial charge in [-0.05, 0) is 25.5 Å². The maximum atomic E-state index is 11.1. The Bertz CT molecular complexity index is 356. The SMILES string of the molecule is CC(=O)/C(C)=C/c1cccc[n+]1[O-]. The van der Waals surface area contributed by atoms with E-state index in [0.29, 0.717) is 11.3 Å². The zero-order valence-electron chi connectivity index (χ0n) is 7.65. The molecule has 0 saturated carbocycles. The minimum atomic E-state index is -0.0242. The van der Waals surface area contributed by atoms with E-state index in [9.17, 15) is 10.0 Å². The van der Waals surface area contributed by atoms with E-state index in [0.717, 1.165) is 4.73 Å². The summed E-state index contributed by atoms with van der Waals surface area (Å²) in [6, 6.07) is 5.07. The number of Topliss-reactive ketones (excluding diaryl/α,β-unsaturated/α-hetero) is 1. The van der Waals surface area contributed by atoms with E-state index >= 15 is 0 Å². The molecular weight excluding hydrogens is 166 g/mol. The standard InChI is InChI=1S/C10H11NO2/c1-8(9(2)12)7-10-5-3-4-6-11(10)13/h3-7H,1-2H3/b8-7+. The summed E-state index contributed by atoms with van der Waals surface area (Å²) < 4.78 is 0.729. The third-order valence-corrected chi connectivity index (χ3v) is 1.77. The van der Waals surface area contributed by atoms with Crippen molar-refractivity contribution in [3.05, 3.63) is 40.9 Å². The van der Waals surface area contributed by atoms with Crippen molar-refractivity contribution in [3.63, 3.8) is 0 Å². The van der Waals surface area contributed by atoms with Gasteiger partial charge in [-0.2, -0.15) is 4.73 Å². The van der Waals surface area contributed by atoms with Crippen molar-refractivity contribution in [1.82, 2.24) is 0 Å². The zero-order valence-corrected chi connectivity index (χ0v) is 7.65. The van der Waals surface area contributed by atoms with Gasteiger partial charge in [0.1, 0.15) is 0 Å². The number of carbonyl (C=O) groups excluding carboxylic acids is 1. The van der Waals surface area contributed by atoms with Crippen molar-refractivity contribution in [3.8, 4) is 0 Å². The summed E-state index contributed by atoms with van der Waals surface area (Å²) in [6.07, 6.45) is 2.98. The minimum Gasteiger partial charge on any atom is -0.618 e. The topological polar surface area (TPSA) is 44.0 Å². The lowest BCUT2D eigenvalue weighted by atomic mass is 10.2. The molecular formula is C10H11NO2. The Morgan fingerprint density at radius 3 is 2.69 bits per heavy atom. The second-order valence-corrected chi connectivity index (χ2v) is 2.83. The fourth-order valence-corrected chi connectivity index (χ4v) is 0.877. The number of nitrogens with zero attached hydrogens (tertiary/aromatic N) is 1. The van der Waals surface area contributed by atoms with Crippen molar-refractivity contribution in [2.75, 3.05) is 0 Å². The van der Waals surface area contributed by atoms with Gasteiger partial charge in [0, 0.05) is 18.2 Å². The molecule has 0 bridgehead atoms. The van der Waals surface area contributed by atoms with Crippen molar-refractivity contribution in [1.29, 1.82) is 0 Å². The van der Waals surface area contributed by atoms with Crippen molar-refractivity contribution in [2.24, 2.45) is 0 Å². The van der Waals surface area contributed by atoms with Crippen LogP contribution in [0.5, 0.6) is 0 Å². The van der Waals surface area contributed by atoms with Crippen LogP contribution in [0.25, 0.3) is 6.08 Å². The van der Waals surface area contributed by atoms with Gasteiger partial charge in [-0.25, -0.2) is 0 Å². The molecule has 0 aromatic carbocycles. The number of hydrogen-bond acceptors (Lipinski definition) is 2. The normalized spacial score (nSPS) is 11.4. The number of pyridine rings is 1. The molecule has 1 rings (SSSR count). The molecule has 0 spiro atoms. The average molecular weight is 177 g/mol. The molecule has 3 heteroatoms. The van der Waals surface area contributed by atoms with Gasteiger partial charge in [0.25, 0.3) is 0 Å². The highest BCUT2D eigenvalue weighted by molar-refractivity contribution is 5.96. The molecule has 68 valence electrons. The van der Waals surface area contributed by atoms with Gasteiger partial charge in [-0.1, -0.05) is 0 Å². The van der Waals surface area contributed by atoms with E-state index in [2.05, 4.69) is 0 Å². The molecule has 3 nitrogen and oxygen atoms in total. The van der Waals surface area contributed by atoms with Crippen LogP contribution in [0.4, 0.5) is 0 Å². The predicted molar refractivity (Wildman–Crippen MR) is 49.7 cm³/mol. The van der Waals surface area contributed by atoms with Crippen LogP contribution < -0.4 is 4.73 Å². The summed E-state index contributed by atoms with van der Waals surface area (Å²) in [5.74, 6) is -0.0242. The molecule has 0 saturated heterocycles. The molecule has 0 fully saturated rings. The Morgan fingerprint density at radius 1 is 1.46 bits per heavy atom. The van der Waals surface area contributed by atoms with Gasteiger partial charge in [0.15, 0.2) is 12.0 Å². The predicted octanol–water partition coefficient (Wildman–Crippen LogP) is 1.31. The van der Waals surface area contributed by atoms with Crippen LogP contribution in [0.1, 0.15) is 19.5 Å². The van der Waals surface area contributed by atoms with Gasteiger partial charge in [-0.15, -0.1) is 0 Å². The van der Waals surface area contributed by atoms with Gasteiger partial charge >= 0.3 is 0 Å². The van der Waals surface area contributed by atoms with E-state index in [1.807, 2.05) is 0 Å². The molecule has 0 atom stereocenters. The Balaban J connectivity index is 3.04. The van der Waals surface area contributed by atoms with Crippen LogP contribution in [-0.2, 0) is 4.79 Å². The summed E-state index contributed by atoms with van der Waals surface area (Å²) in [4.78, 5) is 10.9. The Labute approximate surface area is 76.9 Å². The molecule has 0 aliphatic rings. The van der Waals surface area contributed by atoms with Gasteiger partial charge in [0.05, 0.1) is 0 Å². The molecule has 0 N–H and O–H groups in total. The fraction of sp³-hybridized carbons (Fsp3) is 0.200. The molecule has 0 unspecified atom stereocenters. The van der Waals surface area contributed by atoms with E-state index in [1.165, 1.54) is 13.1 Å². The molecule has 1 heterocycles. The van der Waals surface area contributed by atoms with Crippen molar-refractivity contribution >= 4 is 11.9 Å². The highest BCUT2D eigenvalue weighted by atomic mass is 16.5. The number of carbonyl (C=O) groups is 1. The summed E-state index contributed by atoms with van der Waals surface area (Å²) in [5, 5.41) is 11.1. The Morgan fingerprint density at radius 2 is 2.15 bits per heavy atom. The second-order valence-electron chi connectivity index (χ2n) is 2.83. The van der Waals surface area contributed by atoms with Crippen molar-refractivity contribution < 1.29 is 9.52 Å². The molecule has 0 aliphatic carbocycles. The summed E-state index contributed by atoms with van der Waals surface area (Å²) in [5.41, 5.74) is 1.06. The van der Waals surface area contributed by atoms with E-state index in [4.69, 9.17) is 0 Å².